The molecule has 1 aliphatic rings. The van der Waals surface area contributed by atoms with Crippen LogP contribution in [0.2, 0.25) is 0 Å². The molecule has 8 heteroatoms. The summed E-state index contributed by atoms with van der Waals surface area (Å²) < 4.78 is 11.3. The fraction of sp³-hybridized carbons (Fsp3) is 0.421. The Morgan fingerprint density at radius 2 is 1.89 bits per heavy atom. The third-order valence-electron chi connectivity index (χ3n) is 4.72. The van der Waals surface area contributed by atoms with Gasteiger partial charge in [0.1, 0.15) is 5.82 Å². The molecule has 1 aromatic carbocycles. The van der Waals surface area contributed by atoms with E-state index in [1.54, 1.807) is 25.2 Å². The number of methoxy groups -OCH3 is 1. The first-order valence-electron chi connectivity index (χ1n) is 8.81. The average molecular weight is 372 g/mol. The molecular weight excluding hydrogens is 348 g/mol. The Labute approximate surface area is 158 Å². The molecule has 0 aliphatic carbocycles. The van der Waals surface area contributed by atoms with Gasteiger partial charge in [-0.25, -0.2) is 9.78 Å². The number of para-hydroxylation sites is 2. The van der Waals surface area contributed by atoms with E-state index in [4.69, 9.17) is 9.47 Å². The lowest BCUT2D eigenvalue weighted by Crippen LogP contribution is -2.53. The van der Waals surface area contributed by atoms with Crippen molar-refractivity contribution in [1.29, 1.82) is 0 Å². The van der Waals surface area contributed by atoms with Crippen molar-refractivity contribution in [2.45, 2.75) is 25.4 Å². The lowest BCUT2D eigenvalue weighted by Gasteiger charge is -2.39. The van der Waals surface area contributed by atoms with Gasteiger partial charge in [-0.15, -0.1) is 0 Å². The smallest absolute Gasteiger partial charge is 0.348 e. The van der Waals surface area contributed by atoms with Crippen molar-refractivity contribution in [2.24, 2.45) is 0 Å². The number of nitrogens with zero attached hydrogens (tertiary/aromatic N) is 3. The van der Waals surface area contributed by atoms with Gasteiger partial charge >= 0.3 is 5.97 Å². The summed E-state index contributed by atoms with van der Waals surface area (Å²) in [5.74, 6) is 1.31. The van der Waals surface area contributed by atoms with Crippen LogP contribution < -0.4 is 19.7 Å². The van der Waals surface area contributed by atoms with Crippen LogP contribution >= 0.6 is 0 Å². The molecule has 0 atom stereocenters. The average Bonchev–Trinajstić information content (AvgIpc) is 2.68. The van der Waals surface area contributed by atoms with Crippen molar-refractivity contribution < 1.29 is 19.4 Å². The van der Waals surface area contributed by atoms with Crippen LogP contribution in [0, 0.1) is 6.92 Å². The predicted octanol–water partition coefficient (Wildman–Crippen LogP) is 2.34. The van der Waals surface area contributed by atoms with Crippen LogP contribution in [0.3, 0.4) is 0 Å². The summed E-state index contributed by atoms with van der Waals surface area (Å²) in [4.78, 5) is 22.9. The molecule has 2 aromatic rings. The highest BCUT2D eigenvalue weighted by Gasteiger charge is 2.45. The highest BCUT2D eigenvalue weighted by molar-refractivity contribution is 5.78. The Bertz CT molecular complexity index is 819. The van der Waals surface area contributed by atoms with Crippen LogP contribution in [0.1, 0.15) is 18.5 Å². The zero-order valence-corrected chi connectivity index (χ0v) is 15.7. The fourth-order valence-electron chi connectivity index (χ4n) is 3.20. The van der Waals surface area contributed by atoms with Crippen molar-refractivity contribution in [1.82, 2.24) is 9.97 Å². The van der Waals surface area contributed by atoms with Gasteiger partial charge in [0.25, 0.3) is 0 Å². The largest absolute Gasteiger partial charge is 0.493 e. The van der Waals surface area contributed by atoms with Gasteiger partial charge in [0.05, 0.1) is 7.11 Å². The number of benzene rings is 1. The van der Waals surface area contributed by atoms with E-state index in [9.17, 15) is 9.90 Å². The number of nitrogens with one attached hydrogen (secondary N) is 1. The fourth-order valence-corrected chi connectivity index (χ4v) is 3.20. The molecule has 27 heavy (non-hydrogen) atoms. The topological polar surface area (TPSA) is 96.8 Å². The maximum absolute atomic E-state index is 12.1. The van der Waals surface area contributed by atoms with Gasteiger partial charge in [0, 0.05) is 44.7 Å². The van der Waals surface area contributed by atoms with Crippen molar-refractivity contribution in [3.63, 3.8) is 0 Å². The number of ether oxygens (including phenoxy) is 2. The highest BCUT2D eigenvalue weighted by Crippen LogP contribution is 2.35. The maximum Gasteiger partial charge on any atom is 0.348 e. The Kier molecular flexibility index (Phi) is 5.34. The van der Waals surface area contributed by atoms with E-state index in [2.05, 4.69) is 20.2 Å². The van der Waals surface area contributed by atoms with Crippen LogP contribution in [0.25, 0.3) is 0 Å². The lowest BCUT2D eigenvalue weighted by molar-refractivity contribution is -0.157. The second-order valence-corrected chi connectivity index (χ2v) is 6.48. The van der Waals surface area contributed by atoms with E-state index in [1.165, 1.54) is 7.11 Å². The van der Waals surface area contributed by atoms with Crippen molar-refractivity contribution in [3.8, 4) is 11.5 Å². The van der Waals surface area contributed by atoms with Gasteiger partial charge < -0.3 is 24.8 Å². The first kappa shape index (κ1) is 18.8. The van der Waals surface area contributed by atoms with Gasteiger partial charge in [0.15, 0.2) is 11.5 Å². The summed E-state index contributed by atoms with van der Waals surface area (Å²) in [5, 5.41) is 12.8. The molecule has 144 valence electrons. The molecule has 1 fully saturated rings. The highest BCUT2D eigenvalue weighted by atomic mass is 16.5. The second kappa shape index (κ2) is 7.69. The normalized spacial score (nSPS) is 15.9. The number of hydrogen-bond acceptors (Lipinski definition) is 7. The molecule has 8 nitrogen and oxygen atoms in total. The van der Waals surface area contributed by atoms with E-state index in [0.29, 0.717) is 43.4 Å². The number of piperidine rings is 1. The summed E-state index contributed by atoms with van der Waals surface area (Å²) in [6, 6.07) is 8.99. The van der Waals surface area contributed by atoms with Gasteiger partial charge in [-0.1, -0.05) is 12.1 Å². The molecule has 0 unspecified atom stereocenters. The standard InChI is InChI=1S/C19H24N4O4/c1-13-12-16(22-18(20-2)21-13)23-10-8-19(9-11-23,17(24)25)27-15-7-5-4-6-14(15)26-3/h4-7,12H,8-11H2,1-3H3,(H,24,25)(H,20,21,22). The number of hydrogen-bond donors (Lipinski definition) is 2. The third kappa shape index (κ3) is 3.89. The van der Waals surface area contributed by atoms with E-state index in [0.717, 1.165) is 11.5 Å². The summed E-state index contributed by atoms with van der Waals surface area (Å²) in [6.07, 6.45) is 0.663. The van der Waals surface area contributed by atoms with Crippen molar-refractivity contribution >= 4 is 17.7 Å². The molecule has 0 spiro atoms. The Hall–Kier alpha value is -3.03. The molecule has 1 saturated heterocycles. The van der Waals surface area contributed by atoms with E-state index >= 15 is 0 Å². The van der Waals surface area contributed by atoms with E-state index in [1.807, 2.05) is 19.1 Å². The second-order valence-electron chi connectivity index (χ2n) is 6.48. The van der Waals surface area contributed by atoms with Crippen LogP contribution in [0.5, 0.6) is 11.5 Å². The molecule has 3 rings (SSSR count). The summed E-state index contributed by atoms with van der Waals surface area (Å²) in [7, 11) is 3.31. The third-order valence-corrected chi connectivity index (χ3v) is 4.72. The molecule has 0 bridgehead atoms. The first-order valence-corrected chi connectivity index (χ1v) is 8.81. The molecule has 0 saturated carbocycles. The molecule has 2 heterocycles. The molecule has 1 aromatic heterocycles. The number of carboxylic acid groups (broad SMARTS) is 1. The minimum absolute atomic E-state index is 0.332. The maximum atomic E-state index is 12.1. The first-order chi connectivity index (χ1) is 13.0. The van der Waals surface area contributed by atoms with Crippen molar-refractivity contribution in [3.05, 3.63) is 36.0 Å². The zero-order valence-electron chi connectivity index (χ0n) is 15.7. The van der Waals surface area contributed by atoms with Crippen LogP contribution in [0.4, 0.5) is 11.8 Å². The molecule has 2 N–H and O–H groups in total. The minimum Gasteiger partial charge on any atom is -0.493 e. The predicted molar refractivity (Wildman–Crippen MR) is 102 cm³/mol. The van der Waals surface area contributed by atoms with E-state index in [-0.39, 0.29) is 0 Å². The van der Waals surface area contributed by atoms with Gasteiger partial charge in [-0.05, 0) is 19.1 Å². The van der Waals surface area contributed by atoms with Crippen LogP contribution in [0.15, 0.2) is 30.3 Å². The number of aromatic nitrogens is 2. The Balaban J connectivity index is 1.79. The van der Waals surface area contributed by atoms with E-state index < -0.39 is 11.6 Å². The Morgan fingerprint density at radius 3 is 2.48 bits per heavy atom. The van der Waals surface area contributed by atoms with Gasteiger partial charge in [0.2, 0.25) is 11.5 Å². The lowest BCUT2D eigenvalue weighted by atomic mass is 9.91. The van der Waals surface area contributed by atoms with Gasteiger partial charge in [-0.2, -0.15) is 4.98 Å². The molecule has 0 amide bonds. The van der Waals surface area contributed by atoms with Gasteiger partial charge in [-0.3, -0.25) is 0 Å². The Morgan fingerprint density at radius 1 is 1.22 bits per heavy atom. The number of aliphatic carboxylic acids is 1. The number of carbonyl (C=O) groups is 1. The number of carboxylic acids is 1. The van der Waals surface area contributed by atoms with Crippen LogP contribution in [-0.4, -0.2) is 53.9 Å². The SMILES string of the molecule is CNc1nc(C)cc(N2CCC(Oc3ccccc3OC)(C(=O)O)CC2)n1. The number of rotatable bonds is 6. The summed E-state index contributed by atoms with van der Waals surface area (Å²) in [6.45, 7) is 2.93. The van der Waals surface area contributed by atoms with Crippen LogP contribution in [-0.2, 0) is 4.79 Å². The summed E-state index contributed by atoms with van der Waals surface area (Å²) in [5.41, 5.74) is -0.441. The summed E-state index contributed by atoms with van der Waals surface area (Å²) >= 11 is 0. The molecule has 0 radical (unpaired) electrons. The minimum atomic E-state index is -1.29. The molecular formula is C19H24N4O4. The number of anilines is 2. The number of aryl methyl sites for hydroxylation is 1. The van der Waals surface area contributed by atoms with Crippen molar-refractivity contribution in [2.75, 3.05) is 37.5 Å². The monoisotopic (exact) mass is 372 g/mol. The zero-order chi connectivity index (χ0) is 19.4. The molecule has 1 aliphatic heterocycles. The quantitative estimate of drug-likeness (QED) is 0.798.